The molecule has 0 bridgehead atoms. The van der Waals surface area contributed by atoms with Gasteiger partial charge in [0.1, 0.15) is 11.5 Å². The molecule has 2 aromatic carbocycles. The van der Waals surface area contributed by atoms with Crippen molar-refractivity contribution >= 4 is 5.91 Å². The fourth-order valence-electron chi connectivity index (χ4n) is 3.02. The first-order valence-corrected chi connectivity index (χ1v) is 8.65. The van der Waals surface area contributed by atoms with Crippen molar-refractivity contribution in [1.29, 1.82) is 0 Å². The normalized spacial score (nSPS) is 12.7. The number of fused-ring (bicyclic) bond motifs is 1. The summed E-state index contributed by atoms with van der Waals surface area (Å²) in [5.41, 5.74) is 3.60. The summed E-state index contributed by atoms with van der Waals surface area (Å²) in [7, 11) is 0. The van der Waals surface area contributed by atoms with Crippen molar-refractivity contribution in [3.05, 3.63) is 59.2 Å². The molecule has 0 saturated carbocycles. The molecule has 0 heterocycles. The number of amides is 1. The van der Waals surface area contributed by atoms with Gasteiger partial charge in [0.15, 0.2) is 6.61 Å². The quantitative estimate of drug-likeness (QED) is 0.783. The second kappa shape index (κ2) is 8.65. The van der Waals surface area contributed by atoms with Crippen LogP contribution in [0.2, 0.25) is 0 Å². The van der Waals surface area contributed by atoms with Crippen LogP contribution in [0.1, 0.15) is 23.1 Å². The molecule has 3 rings (SSSR count). The SMILES string of the molecule is O=C(COc1ccc2c(c1)CCC2)NCCc1ccc(OC(F)F)cc1. The van der Waals surface area contributed by atoms with E-state index in [-0.39, 0.29) is 18.3 Å². The highest BCUT2D eigenvalue weighted by molar-refractivity contribution is 5.77. The Morgan fingerprint density at radius 2 is 1.77 bits per heavy atom. The number of halogens is 2. The zero-order valence-electron chi connectivity index (χ0n) is 14.3. The van der Waals surface area contributed by atoms with Gasteiger partial charge in [0.2, 0.25) is 0 Å². The zero-order valence-corrected chi connectivity index (χ0v) is 14.3. The molecule has 1 aliphatic carbocycles. The highest BCUT2D eigenvalue weighted by Gasteiger charge is 2.12. The molecule has 6 heteroatoms. The summed E-state index contributed by atoms with van der Waals surface area (Å²) in [6.45, 7) is -2.41. The van der Waals surface area contributed by atoms with Crippen molar-refractivity contribution in [3.8, 4) is 11.5 Å². The highest BCUT2D eigenvalue weighted by atomic mass is 19.3. The molecule has 0 fully saturated rings. The minimum absolute atomic E-state index is 0.0278. The molecule has 0 aliphatic heterocycles. The molecule has 138 valence electrons. The summed E-state index contributed by atoms with van der Waals surface area (Å²) in [4.78, 5) is 11.9. The van der Waals surface area contributed by atoms with E-state index < -0.39 is 6.61 Å². The van der Waals surface area contributed by atoms with E-state index in [1.54, 1.807) is 12.1 Å². The van der Waals surface area contributed by atoms with E-state index in [4.69, 9.17) is 4.74 Å². The number of carbonyl (C=O) groups excluding carboxylic acids is 1. The number of hydrogen-bond acceptors (Lipinski definition) is 3. The molecule has 0 aromatic heterocycles. The van der Waals surface area contributed by atoms with Crippen LogP contribution < -0.4 is 14.8 Å². The molecule has 0 spiro atoms. The van der Waals surface area contributed by atoms with Gasteiger partial charge >= 0.3 is 6.61 Å². The molecular weight excluding hydrogens is 340 g/mol. The Labute approximate surface area is 151 Å². The van der Waals surface area contributed by atoms with Crippen LogP contribution in [0.5, 0.6) is 11.5 Å². The van der Waals surface area contributed by atoms with Crippen LogP contribution in [-0.4, -0.2) is 25.7 Å². The van der Waals surface area contributed by atoms with Gasteiger partial charge in [-0.3, -0.25) is 4.79 Å². The molecule has 2 aromatic rings. The van der Waals surface area contributed by atoms with Crippen molar-refractivity contribution in [2.45, 2.75) is 32.3 Å². The van der Waals surface area contributed by atoms with Crippen molar-refractivity contribution < 1.29 is 23.0 Å². The molecule has 1 amide bonds. The Morgan fingerprint density at radius 3 is 2.54 bits per heavy atom. The van der Waals surface area contributed by atoms with Crippen LogP contribution in [0.15, 0.2) is 42.5 Å². The first-order chi connectivity index (χ1) is 12.6. The van der Waals surface area contributed by atoms with Crippen LogP contribution in [0.25, 0.3) is 0 Å². The van der Waals surface area contributed by atoms with E-state index in [9.17, 15) is 13.6 Å². The summed E-state index contributed by atoms with van der Waals surface area (Å²) in [6, 6.07) is 12.4. The largest absolute Gasteiger partial charge is 0.484 e. The maximum Gasteiger partial charge on any atom is 0.387 e. The Balaban J connectivity index is 1.37. The second-order valence-electron chi connectivity index (χ2n) is 6.20. The molecular formula is C20H21F2NO3. The average molecular weight is 361 g/mol. The molecule has 26 heavy (non-hydrogen) atoms. The number of alkyl halides is 2. The van der Waals surface area contributed by atoms with Gasteiger partial charge in [-0.2, -0.15) is 8.78 Å². The van der Waals surface area contributed by atoms with Gasteiger partial charge in [0.25, 0.3) is 5.91 Å². The lowest BCUT2D eigenvalue weighted by atomic mass is 10.1. The number of ether oxygens (including phenoxy) is 2. The third-order valence-electron chi connectivity index (χ3n) is 4.32. The molecule has 0 unspecified atom stereocenters. The third kappa shape index (κ3) is 5.18. The first-order valence-electron chi connectivity index (χ1n) is 8.65. The molecule has 1 aliphatic rings. The van der Waals surface area contributed by atoms with Gasteiger partial charge < -0.3 is 14.8 Å². The van der Waals surface area contributed by atoms with E-state index >= 15 is 0 Å². The van der Waals surface area contributed by atoms with E-state index in [1.807, 2.05) is 12.1 Å². The minimum Gasteiger partial charge on any atom is -0.484 e. The topological polar surface area (TPSA) is 47.6 Å². The molecule has 1 N–H and O–H groups in total. The Kier molecular flexibility index (Phi) is 6.04. The Bertz CT molecular complexity index is 747. The van der Waals surface area contributed by atoms with E-state index in [0.29, 0.717) is 13.0 Å². The summed E-state index contributed by atoms with van der Waals surface area (Å²) >= 11 is 0. The molecule has 0 radical (unpaired) electrons. The van der Waals surface area contributed by atoms with Crippen LogP contribution in [-0.2, 0) is 24.1 Å². The van der Waals surface area contributed by atoms with Gasteiger partial charge in [0, 0.05) is 6.54 Å². The van der Waals surface area contributed by atoms with Gasteiger partial charge in [-0.05, 0) is 66.6 Å². The van der Waals surface area contributed by atoms with Crippen LogP contribution in [0, 0.1) is 0 Å². The monoisotopic (exact) mass is 361 g/mol. The highest BCUT2D eigenvalue weighted by Crippen LogP contribution is 2.25. The maximum atomic E-state index is 12.1. The average Bonchev–Trinajstić information content (AvgIpc) is 3.09. The van der Waals surface area contributed by atoms with Crippen molar-refractivity contribution in [1.82, 2.24) is 5.32 Å². The lowest BCUT2D eigenvalue weighted by Gasteiger charge is -2.09. The maximum absolute atomic E-state index is 12.1. The first kappa shape index (κ1) is 18.2. The predicted octanol–water partition coefficient (Wildman–Crippen LogP) is 3.51. The summed E-state index contributed by atoms with van der Waals surface area (Å²) in [5, 5.41) is 2.79. The van der Waals surface area contributed by atoms with Crippen LogP contribution in [0.3, 0.4) is 0 Å². The lowest BCUT2D eigenvalue weighted by molar-refractivity contribution is -0.123. The van der Waals surface area contributed by atoms with Crippen molar-refractivity contribution in [3.63, 3.8) is 0 Å². The summed E-state index contributed by atoms with van der Waals surface area (Å²) in [5.74, 6) is 0.647. The van der Waals surface area contributed by atoms with Gasteiger partial charge in [0.05, 0.1) is 0 Å². The number of carbonyl (C=O) groups is 1. The van der Waals surface area contributed by atoms with Gasteiger partial charge in [-0.15, -0.1) is 0 Å². The number of benzene rings is 2. The van der Waals surface area contributed by atoms with E-state index in [1.165, 1.54) is 29.7 Å². The van der Waals surface area contributed by atoms with E-state index in [2.05, 4.69) is 16.1 Å². The predicted molar refractivity (Wildman–Crippen MR) is 93.7 cm³/mol. The molecule has 4 nitrogen and oxygen atoms in total. The Morgan fingerprint density at radius 1 is 1.04 bits per heavy atom. The molecule has 0 atom stereocenters. The van der Waals surface area contributed by atoms with Crippen LogP contribution >= 0.6 is 0 Å². The third-order valence-corrected chi connectivity index (χ3v) is 4.32. The summed E-state index contributed by atoms with van der Waals surface area (Å²) in [6.07, 6.45) is 3.96. The second-order valence-corrected chi connectivity index (χ2v) is 6.20. The smallest absolute Gasteiger partial charge is 0.387 e. The number of nitrogens with one attached hydrogen (secondary N) is 1. The zero-order chi connectivity index (χ0) is 18.4. The number of rotatable bonds is 8. The number of aryl methyl sites for hydroxylation is 2. The van der Waals surface area contributed by atoms with Gasteiger partial charge in [-0.1, -0.05) is 18.2 Å². The lowest BCUT2D eigenvalue weighted by Crippen LogP contribution is -2.30. The number of hydrogen-bond donors (Lipinski definition) is 1. The van der Waals surface area contributed by atoms with Crippen LogP contribution in [0.4, 0.5) is 8.78 Å². The summed E-state index contributed by atoms with van der Waals surface area (Å²) < 4.78 is 34.0. The fourth-order valence-corrected chi connectivity index (χ4v) is 3.02. The van der Waals surface area contributed by atoms with Crippen molar-refractivity contribution in [2.75, 3.05) is 13.2 Å². The standard InChI is InChI=1S/C20H21F2NO3/c21-20(22)26-17-7-4-14(5-8-17)10-11-23-19(24)13-25-18-9-6-15-2-1-3-16(15)12-18/h4-9,12,20H,1-3,10-11,13H2,(H,23,24). The Hall–Kier alpha value is -2.63. The fraction of sp³-hybridized carbons (Fsp3) is 0.350. The van der Waals surface area contributed by atoms with E-state index in [0.717, 1.165) is 24.2 Å². The van der Waals surface area contributed by atoms with Gasteiger partial charge in [-0.25, -0.2) is 0 Å². The van der Waals surface area contributed by atoms with Crippen molar-refractivity contribution in [2.24, 2.45) is 0 Å². The molecule has 0 saturated heterocycles. The minimum atomic E-state index is -2.83.